The number of ether oxygens (including phenoxy) is 1. The highest BCUT2D eigenvalue weighted by molar-refractivity contribution is 14.1. The second kappa shape index (κ2) is 5.74. The van der Waals surface area contributed by atoms with Crippen molar-refractivity contribution in [2.75, 3.05) is 11.8 Å². The van der Waals surface area contributed by atoms with Crippen molar-refractivity contribution in [2.24, 2.45) is 0 Å². The minimum atomic E-state index is -4.00. The maximum absolute atomic E-state index is 11.4. The van der Waals surface area contributed by atoms with Crippen molar-refractivity contribution in [3.63, 3.8) is 0 Å². The number of hydrogen-bond acceptors (Lipinski definition) is 4. The molecule has 1 aromatic rings. The number of anilines is 1. The minimum absolute atomic E-state index is 0.311. The zero-order chi connectivity index (χ0) is 13.1. The Bertz CT molecular complexity index is 534. The molecule has 0 saturated heterocycles. The first-order valence-corrected chi connectivity index (χ1v) is 7.11. The predicted octanol–water partition coefficient (Wildman–Crippen LogP) is 1.96. The predicted molar refractivity (Wildman–Crippen MR) is 72.3 cm³/mol. The van der Waals surface area contributed by atoms with Crippen LogP contribution in [0.4, 0.5) is 10.5 Å². The lowest BCUT2D eigenvalue weighted by molar-refractivity contribution is 0.177. The number of benzene rings is 1. The molecule has 17 heavy (non-hydrogen) atoms. The fraction of sp³-hybridized carbons (Fsp3) is 0.125. The third-order valence-electron chi connectivity index (χ3n) is 1.58. The Morgan fingerprint density at radius 2 is 2.12 bits per heavy atom. The van der Waals surface area contributed by atoms with E-state index in [9.17, 15) is 13.2 Å². The molecule has 6 nitrogen and oxygen atoms in total. The second-order valence-electron chi connectivity index (χ2n) is 2.82. The molecule has 0 aliphatic heterocycles. The fourth-order valence-electron chi connectivity index (χ4n) is 0.894. The van der Waals surface area contributed by atoms with E-state index in [0.29, 0.717) is 14.3 Å². The standard InChI is InChI=1S/C8H8ClIN2O4S/c1-16-8(13)12-17(14,15)11-7-3-2-5(9)4-6(7)10/h2-4,11H,1H3,(H,12,13). The molecule has 0 atom stereocenters. The summed E-state index contributed by atoms with van der Waals surface area (Å²) in [7, 11) is -2.94. The first kappa shape index (κ1) is 14.3. The molecule has 0 unspecified atom stereocenters. The number of nitrogens with one attached hydrogen (secondary N) is 2. The van der Waals surface area contributed by atoms with Crippen molar-refractivity contribution in [1.29, 1.82) is 0 Å². The van der Waals surface area contributed by atoms with Crippen LogP contribution in [0.25, 0.3) is 0 Å². The van der Waals surface area contributed by atoms with Crippen LogP contribution in [0.2, 0.25) is 5.02 Å². The smallest absolute Gasteiger partial charge is 0.422 e. The van der Waals surface area contributed by atoms with E-state index in [1.807, 2.05) is 22.6 Å². The van der Waals surface area contributed by atoms with Crippen LogP contribution >= 0.6 is 34.2 Å². The van der Waals surface area contributed by atoms with Gasteiger partial charge >= 0.3 is 16.3 Å². The topological polar surface area (TPSA) is 84.5 Å². The highest BCUT2D eigenvalue weighted by Crippen LogP contribution is 2.22. The molecule has 0 fully saturated rings. The number of carbonyl (C=O) groups is 1. The molecule has 0 saturated carbocycles. The summed E-state index contributed by atoms with van der Waals surface area (Å²) in [5.74, 6) is 0. The third-order valence-corrected chi connectivity index (χ3v) is 3.63. The Balaban J connectivity index is 2.87. The van der Waals surface area contributed by atoms with Gasteiger partial charge in [-0.25, -0.2) is 9.52 Å². The van der Waals surface area contributed by atoms with E-state index in [-0.39, 0.29) is 0 Å². The third kappa shape index (κ3) is 4.56. The normalized spacial score (nSPS) is 10.8. The van der Waals surface area contributed by atoms with Gasteiger partial charge in [-0.2, -0.15) is 8.42 Å². The molecular formula is C8H8ClIN2O4S. The summed E-state index contributed by atoms with van der Waals surface area (Å²) in [4.78, 5) is 10.8. The van der Waals surface area contributed by atoms with Crippen molar-refractivity contribution in [3.05, 3.63) is 26.8 Å². The molecule has 9 heteroatoms. The summed E-state index contributed by atoms with van der Waals surface area (Å²) in [5, 5.41) is 0.485. The molecule has 94 valence electrons. The summed E-state index contributed by atoms with van der Waals surface area (Å²) >= 11 is 7.64. The summed E-state index contributed by atoms with van der Waals surface area (Å²) in [6.45, 7) is 0. The van der Waals surface area contributed by atoms with E-state index in [1.165, 1.54) is 12.1 Å². The van der Waals surface area contributed by atoms with Crippen molar-refractivity contribution >= 4 is 56.2 Å². The maximum Gasteiger partial charge on any atom is 0.422 e. The van der Waals surface area contributed by atoms with Crippen molar-refractivity contribution in [3.8, 4) is 0 Å². The summed E-state index contributed by atoms with van der Waals surface area (Å²) in [6.07, 6.45) is -1.07. The fourth-order valence-corrected chi connectivity index (χ4v) is 2.90. The van der Waals surface area contributed by atoms with E-state index < -0.39 is 16.3 Å². The molecule has 0 aliphatic rings. The van der Waals surface area contributed by atoms with Gasteiger partial charge in [-0.3, -0.25) is 4.72 Å². The summed E-state index contributed by atoms with van der Waals surface area (Å²) < 4.78 is 31.5. The van der Waals surface area contributed by atoms with Gasteiger partial charge in [0.05, 0.1) is 12.8 Å². The molecule has 1 rings (SSSR count). The Kier molecular flexibility index (Phi) is 4.83. The number of methoxy groups -OCH3 is 1. The number of amides is 1. The zero-order valence-electron chi connectivity index (χ0n) is 8.53. The first-order chi connectivity index (χ1) is 7.84. The van der Waals surface area contributed by atoms with E-state index in [1.54, 1.807) is 10.8 Å². The lowest BCUT2D eigenvalue weighted by Crippen LogP contribution is -2.35. The molecular weight excluding hydrogens is 383 g/mol. The van der Waals surface area contributed by atoms with Gasteiger partial charge in [0, 0.05) is 8.59 Å². The van der Waals surface area contributed by atoms with E-state index in [4.69, 9.17) is 11.6 Å². The van der Waals surface area contributed by atoms with E-state index >= 15 is 0 Å². The lowest BCUT2D eigenvalue weighted by atomic mass is 10.3. The SMILES string of the molecule is COC(=O)NS(=O)(=O)Nc1ccc(Cl)cc1I. The average molecular weight is 391 g/mol. The second-order valence-corrected chi connectivity index (χ2v) is 5.84. The first-order valence-electron chi connectivity index (χ1n) is 4.17. The lowest BCUT2D eigenvalue weighted by Gasteiger charge is -2.10. The van der Waals surface area contributed by atoms with Crippen molar-refractivity contribution < 1.29 is 17.9 Å². The number of rotatable bonds is 3. The number of hydrogen-bond donors (Lipinski definition) is 2. The van der Waals surface area contributed by atoms with Crippen LogP contribution in [0.15, 0.2) is 18.2 Å². The Hall–Kier alpha value is -0.740. The molecule has 2 N–H and O–H groups in total. The Morgan fingerprint density at radius 3 is 2.65 bits per heavy atom. The van der Waals surface area contributed by atoms with E-state index in [2.05, 4.69) is 9.46 Å². The van der Waals surface area contributed by atoms with Gasteiger partial charge in [-0.1, -0.05) is 11.6 Å². The van der Waals surface area contributed by atoms with Crippen LogP contribution in [0, 0.1) is 3.57 Å². The molecule has 0 radical (unpaired) electrons. The van der Waals surface area contributed by atoms with Gasteiger partial charge in [0.15, 0.2) is 0 Å². The molecule has 0 aliphatic carbocycles. The highest BCUT2D eigenvalue weighted by atomic mass is 127. The quantitative estimate of drug-likeness (QED) is 0.773. The Morgan fingerprint density at radius 1 is 1.47 bits per heavy atom. The molecule has 0 aromatic heterocycles. The van der Waals surface area contributed by atoms with Crippen LogP contribution < -0.4 is 9.44 Å². The van der Waals surface area contributed by atoms with Crippen LogP contribution in [0.3, 0.4) is 0 Å². The minimum Gasteiger partial charge on any atom is -0.452 e. The molecule has 1 aromatic carbocycles. The van der Waals surface area contributed by atoms with Gasteiger partial charge < -0.3 is 4.74 Å². The van der Waals surface area contributed by atoms with Gasteiger partial charge in [0.2, 0.25) is 0 Å². The van der Waals surface area contributed by atoms with Gasteiger partial charge in [0.1, 0.15) is 0 Å². The molecule has 1 amide bonds. The largest absolute Gasteiger partial charge is 0.452 e. The average Bonchev–Trinajstić information content (AvgIpc) is 2.21. The van der Waals surface area contributed by atoms with Gasteiger partial charge in [-0.05, 0) is 40.8 Å². The van der Waals surface area contributed by atoms with Crippen LogP contribution in [-0.2, 0) is 14.9 Å². The highest BCUT2D eigenvalue weighted by Gasteiger charge is 2.15. The number of halogens is 2. The van der Waals surface area contributed by atoms with Crippen molar-refractivity contribution in [2.45, 2.75) is 0 Å². The molecule has 0 heterocycles. The van der Waals surface area contributed by atoms with E-state index in [0.717, 1.165) is 7.11 Å². The summed E-state index contributed by atoms with van der Waals surface area (Å²) in [6, 6.07) is 4.60. The van der Waals surface area contributed by atoms with Crippen LogP contribution in [0.1, 0.15) is 0 Å². The molecule has 0 spiro atoms. The van der Waals surface area contributed by atoms with Gasteiger partial charge in [0.25, 0.3) is 0 Å². The molecule has 0 bridgehead atoms. The summed E-state index contributed by atoms with van der Waals surface area (Å²) in [5.41, 5.74) is 0.311. The van der Waals surface area contributed by atoms with Crippen molar-refractivity contribution in [1.82, 2.24) is 4.72 Å². The van der Waals surface area contributed by atoms with Crippen LogP contribution in [-0.4, -0.2) is 21.6 Å². The maximum atomic E-state index is 11.4. The Labute approximate surface area is 117 Å². The monoisotopic (exact) mass is 390 g/mol. The van der Waals surface area contributed by atoms with Gasteiger partial charge in [-0.15, -0.1) is 0 Å². The zero-order valence-corrected chi connectivity index (χ0v) is 12.3. The van der Waals surface area contributed by atoms with Crippen LogP contribution in [0.5, 0.6) is 0 Å². The number of carbonyl (C=O) groups excluding carboxylic acids is 1.